The fourth-order valence-electron chi connectivity index (χ4n) is 3.27. The van der Waals surface area contributed by atoms with Gasteiger partial charge >= 0.3 is 0 Å². The Morgan fingerprint density at radius 2 is 2.24 bits per heavy atom. The van der Waals surface area contributed by atoms with Gasteiger partial charge in [-0.05, 0) is 30.7 Å². The summed E-state index contributed by atoms with van der Waals surface area (Å²) in [6, 6.07) is 11.9. The van der Waals surface area contributed by atoms with Gasteiger partial charge in [-0.2, -0.15) is 0 Å². The zero-order valence-corrected chi connectivity index (χ0v) is 14.1. The number of nitrogens with one attached hydrogen (secondary N) is 1. The first-order chi connectivity index (χ1) is 12.2. The molecule has 0 bridgehead atoms. The highest BCUT2D eigenvalue weighted by molar-refractivity contribution is 5.78. The van der Waals surface area contributed by atoms with Crippen LogP contribution in [0, 0.1) is 6.92 Å². The Hall–Kier alpha value is -2.57. The van der Waals surface area contributed by atoms with Crippen LogP contribution in [0.5, 0.6) is 0 Å². The molecule has 1 aliphatic heterocycles. The minimum atomic E-state index is -0.170. The van der Waals surface area contributed by atoms with E-state index in [1.165, 1.54) is 11.6 Å². The van der Waals surface area contributed by atoms with Gasteiger partial charge in [0.2, 0.25) is 0 Å². The molecule has 2 aromatic heterocycles. The van der Waals surface area contributed by atoms with Crippen LogP contribution in [-0.2, 0) is 11.3 Å². The van der Waals surface area contributed by atoms with Crippen molar-refractivity contribution in [2.75, 3.05) is 19.7 Å². The molecule has 1 saturated heterocycles. The number of hydrogen-bond donors (Lipinski definition) is 1. The summed E-state index contributed by atoms with van der Waals surface area (Å²) >= 11 is 0. The molecule has 1 atom stereocenters. The Kier molecular flexibility index (Phi) is 4.29. The quantitative estimate of drug-likeness (QED) is 0.794. The first-order valence-corrected chi connectivity index (χ1v) is 8.43. The highest BCUT2D eigenvalue weighted by atomic mass is 16.5. The lowest BCUT2D eigenvalue weighted by molar-refractivity contribution is -0.0351. The van der Waals surface area contributed by atoms with Gasteiger partial charge in [0.25, 0.3) is 5.56 Å². The number of benzene rings is 1. The Labute approximate surface area is 145 Å². The van der Waals surface area contributed by atoms with Gasteiger partial charge in [0.1, 0.15) is 11.9 Å². The maximum absolute atomic E-state index is 11.7. The molecular formula is C19H20N4O2. The molecule has 3 heterocycles. The van der Waals surface area contributed by atoms with E-state index in [4.69, 9.17) is 4.74 Å². The van der Waals surface area contributed by atoms with E-state index in [1.807, 2.05) is 12.3 Å². The number of morpholine rings is 1. The number of ether oxygens (including phenoxy) is 1. The zero-order chi connectivity index (χ0) is 17.2. The molecule has 1 aromatic carbocycles. The molecule has 0 unspecified atom stereocenters. The maximum Gasteiger partial charge on any atom is 0.251 e. The number of nitrogens with zero attached hydrogens (tertiary/aromatic N) is 3. The standard InChI is InChI=1S/C19H20N4O2/c1-13-21-17(10-19(24)22-13)18-12-23(7-8-25-18)11-14-4-5-16-15(9-14)3-2-6-20-16/h2-6,9-10,18H,7-8,11-12H2,1H3,(H,21,22,24)/t18-/m0/s1. The first-order valence-electron chi connectivity index (χ1n) is 8.43. The van der Waals surface area contributed by atoms with E-state index in [0.717, 1.165) is 30.5 Å². The van der Waals surface area contributed by atoms with Gasteiger partial charge in [-0.15, -0.1) is 0 Å². The third kappa shape index (κ3) is 3.60. The molecule has 1 aliphatic rings. The van der Waals surface area contributed by atoms with Gasteiger partial charge in [-0.25, -0.2) is 4.98 Å². The van der Waals surface area contributed by atoms with Crippen molar-refractivity contribution >= 4 is 10.9 Å². The number of aromatic amines is 1. The lowest BCUT2D eigenvalue weighted by Gasteiger charge is -2.32. The Morgan fingerprint density at radius 3 is 3.12 bits per heavy atom. The van der Waals surface area contributed by atoms with Crippen LogP contribution in [0.25, 0.3) is 10.9 Å². The number of rotatable bonds is 3. The third-order valence-electron chi connectivity index (χ3n) is 4.43. The lowest BCUT2D eigenvalue weighted by atomic mass is 10.1. The smallest absolute Gasteiger partial charge is 0.251 e. The summed E-state index contributed by atoms with van der Waals surface area (Å²) in [6.07, 6.45) is 1.64. The maximum atomic E-state index is 11.7. The van der Waals surface area contributed by atoms with Crippen LogP contribution >= 0.6 is 0 Å². The van der Waals surface area contributed by atoms with Crippen LogP contribution in [-0.4, -0.2) is 39.5 Å². The molecule has 6 nitrogen and oxygen atoms in total. The van der Waals surface area contributed by atoms with Crippen molar-refractivity contribution in [3.63, 3.8) is 0 Å². The molecule has 25 heavy (non-hydrogen) atoms. The minimum absolute atomic E-state index is 0.134. The molecule has 6 heteroatoms. The summed E-state index contributed by atoms with van der Waals surface area (Å²) in [5.41, 5.74) is 2.82. The molecule has 0 spiro atoms. The van der Waals surface area contributed by atoms with Crippen LogP contribution in [0.3, 0.4) is 0 Å². The van der Waals surface area contributed by atoms with Crippen LogP contribution in [0.4, 0.5) is 0 Å². The lowest BCUT2D eigenvalue weighted by Crippen LogP contribution is -2.38. The molecule has 1 fully saturated rings. The second kappa shape index (κ2) is 6.74. The fraction of sp³-hybridized carbons (Fsp3) is 0.316. The summed E-state index contributed by atoms with van der Waals surface area (Å²) in [4.78, 5) is 25.5. The molecule has 0 saturated carbocycles. The molecule has 128 valence electrons. The van der Waals surface area contributed by atoms with Gasteiger partial charge in [0.15, 0.2) is 0 Å². The van der Waals surface area contributed by atoms with E-state index >= 15 is 0 Å². The van der Waals surface area contributed by atoms with Crippen molar-refractivity contribution in [1.82, 2.24) is 19.9 Å². The number of pyridine rings is 1. The Bertz CT molecular complexity index is 953. The first kappa shape index (κ1) is 15.9. The normalized spacial score (nSPS) is 18.5. The van der Waals surface area contributed by atoms with Crippen molar-refractivity contribution in [1.29, 1.82) is 0 Å². The number of hydrogen-bond acceptors (Lipinski definition) is 5. The summed E-state index contributed by atoms with van der Waals surface area (Å²) in [5.74, 6) is 0.616. The van der Waals surface area contributed by atoms with Crippen molar-refractivity contribution in [2.24, 2.45) is 0 Å². The second-order valence-corrected chi connectivity index (χ2v) is 6.38. The van der Waals surface area contributed by atoms with Crippen LogP contribution in [0.2, 0.25) is 0 Å². The van der Waals surface area contributed by atoms with Gasteiger partial charge in [0, 0.05) is 37.3 Å². The molecule has 1 N–H and O–H groups in total. The molecule has 3 aromatic rings. The van der Waals surface area contributed by atoms with Crippen molar-refractivity contribution in [3.05, 3.63) is 70.0 Å². The molecule has 0 aliphatic carbocycles. The third-order valence-corrected chi connectivity index (χ3v) is 4.43. The second-order valence-electron chi connectivity index (χ2n) is 6.38. The summed E-state index contributed by atoms with van der Waals surface area (Å²) in [6.45, 7) is 4.85. The van der Waals surface area contributed by atoms with Crippen LogP contribution in [0.1, 0.15) is 23.2 Å². The van der Waals surface area contributed by atoms with Gasteiger partial charge in [-0.3, -0.25) is 14.7 Å². The van der Waals surface area contributed by atoms with E-state index in [9.17, 15) is 4.79 Å². The van der Waals surface area contributed by atoms with Crippen molar-refractivity contribution in [3.8, 4) is 0 Å². The highest BCUT2D eigenvalue weighted by Crippen LogP contribution is 2.22. The van der Waals surface area contributed by atoms with E-state index in [1.54, 1.807) is 6.92 Å². The number of aryl methyl sites for hydroxylation is 1. The zero-order valence-electron chi connectivity index (χ0n) is 14.1. The van der Waals surface area contributed by atoms with Gasteiger partial charge in [-0.1, -0.05) is 12.1 Å². The predicted octanol–water partition coefficient (Wildman–Crippen LogP) is 2.20. The topological polar surface area (TPSA) is 71.1 Å². The number of fused-ring (bicyclic) bond motifs is 1. The van der Waals surface area contributed by atoms with Crippen LogP contribution < -0.4 is 5.56 Å². The average molecular weight is 336 g/mol. The highest BCUT2D eigenvalue weighted by Gasteiger charge is 2.23. The molecule has 4 rings (SSSR count). The Balaban J connectivity index is 1.51. The Morgan fingerprint density at radius 1 is 1.32 bits per heavy atom. The minimum Gasteiger partial charge on any atom is -0.369 e. The number of H-pyrrole nitrogens is 1. The fourth-order valence-corrected chi connectivity index (χ4v) is 3.27. The summed E-state index contributed by atoms with van der Waals surface area (Å²) < 4.78 is 5.85. The molecule has 0 radical (unpaired) electrons. The van der Waals surface area contributed by atoms with E-state index in [2.05, 4.69) is 44.1 Å². The van der Waals surface area contributed by atoms with Crippen molar-refractivity contribution < 1.29 is 4.74 Å². The van der Waals surface area contributed by atoms with Crippen molar-refractivity contribution in [2.45, 2.75) is 19.6 Å². The van der Waals surface area contributed by atoms with Crippen LogP contribution in [0.15, 0.2) is 47.4 Å². The predicted molar refractivity (Wildman–Crippen MR) is 95.3 cm³/mol. The average Bonchev–Trinajstić information content (AvgIpc) is 2.61. The van der Waals surface area contributed by atoms with E-state index in [0.29, 0.717) is 18.1 Å². The number of aromatic nitrogens is 3. The SMILES string of the molecule is Cc1nc([C@@H]2CN(Cc3ccc4ncccc4c3)CCO2)cc(=O)[nH]1. The largest absolute Gasteiger partial charge is 0.369 e. The summed E-state index contributed by atoms with van der Waals surface area (Å²) in [7, 11) is 0. The van der Waals surface area contributed by atoms with E-state index in [-0.39, 0.29) is 11.7 Å². The van der Waals surface area contributed by atoms with Gasteiger partial charge < -0.3 is 9.72 Å². The summed E-state index contributed by atoms with van der Waals surface area (Å²) in [5, 5.41) is 1.15. The van der Waals surface area contributed by atoms with Gasteiger partial charge in [0.05, 0.1) is 17.8 Å². The molecular weight excluding hydrogens is 316 g/mol. The molecule has 0 amide bonds. The monoisotopic (exact) mass is 336 g/mol. The van der Waals surface area contributed by atoms with E-state index < -0.39 is 0 Å².